The molecule has 0 bridgehead atoms. The first-order valence-corrected chi connectivity index (χ1v) is 10.2. The predicted octanol–water partition coefficient (Wildman–Crippen LogP) is 5.34. The van der Waals surface area contributed by atoms with Crippen LogP contribution in [0.2, 0.25) is 18.1 Å². The van der Waals surface area contributed by atoms with E-state index in [9.17, 15) is 4.79 Å². The molecule has 0 aliphatic carbocycles. The number of rotatable bonds is 3. The highest BCUT2D eigenvalue weighted by atomic mass is 28.4. The van der Waals surface area contributed by atoms with E-state index in [0.29, 0.717) is 5.56 Å². The standard InChI is InChI=1S/C18H24O2Si/c1-13-16-9-7-14(12-19)11-15(16)8-10-17(13)20-21(5,6)18(2,3)4/h7-12H,1-6H3. The van der Waals surface area contributed by atoms with Crippen molar-refractivity contribution < 1.29 is 9.22 Å². The fourth-order valence-corrected chi connectivity index (χ4v) is 3.17. The highest BCUT2D eigenvalue weighted by molar-refractivity contribution is 6.74. The van der Waals surface area contributed by atoms with Gasteiger partial charge in [-0.15, -0.1) is 0 Å². The van der Waals surface area contributed by atoms with Crippen LogP contribution in [0.4, 0.5) is 0 Å². The lowest BCUT2D eigenvalue weighted by atomic mass is 10.0. The Kier molecular flexibility index (Phi) is 3.98. The van der Waals surface area contributed by atoms with Crippen molar-refractivity contribution in [3.05, 3.63) is 41.5 Å². The lowest BCUT2D eigenvalue weighted by Crippen LogP contribution is -2.44. The third kappa shape index (κ3) is 3.03. The molecule has 0 amide bonds. The monoisotopic (exact) mass is 300 g/mol. The van der Waals surface area contributed by atoms with Gasteiger partial charge in [0.25, 0.3) is 0 Å². The zero-order chi connectivity index (χ0) is 15.8. The highest BCUT2D eigenvalue weighted by Crippen LogP contribution is 2.39. The SMILES string of the molecule is Cc1c(O[Si](C)(C)C(C)(C)C)ccc2cc(C=O)ccc12. The number of carbonyl (C=O) groups is 1. The van der Waals surface area contributed by atoms with E-state index in [4.69, 9.17) is 4.43 Å². The van der Waals surface area contributed by atoms with Gasteiger partial charge < -0.3 is 4.43 Å². The molecule has 0 aliphatic heterocycles. The maximum Gasteiger partial charge on any atom is 0.250 e. The van der Waals surface area contributed by atoms with Crippen LogP contribution in [0.5, 0.6) is 5.75 Å². The topological polar surface area (TPSA) is 26.3 Å². The summed E-state index contributed by atoms with van der Waals surface area (Å²) in [6.45, 7) is 13.3. The summed E-state index contributed by atoms with van der Waals surface area (Å²) < 4.78 is 6.43. The quantitative estimate of drug-likeness (QED) is 0.564. The molecule has 21 heavy (non-hydrogen) atoms. The van der Waals surface area contributed by atoms with Gasteiger partial charge in [0.1, 0.15) is 12.0 Å². The second-order valence-corrected chi connectivity index (χ2v) is 11.9. The molecule has 2 nitrogen and oxygen atoms in total. The van der Waals surface area contributed by atoms with Crippen LogP contribution in [-0.4, -0.2) is 14.6 Å². The van der Waals surface area contributed by atoms with E-state index in [1.807, 2.05) is 30.3 Å². The fourth-order valence-electron chi connectivity index (χ4n) is 2.10. The number of hydrogen-bond donors (Lipinski definition) is 0. The summed E-state index contributed by atoms with van der Waals surface area (Å²) in [5.74, 6) is 0.966. The van der Waals surface area contributed by atoms with Gasteiger partial charge in [-0.2, -0.15) is 0 Å². The van der Waals surface area contributed by atoms with E-state index in [-0.39, 0.29) is 5.04 Å². The Morgan fingerprint density at radius 2 is 1.76 bits per heavy atom. The van der Waals surface area contributed by atoms with Gasteiger partial charge >= 0.3 is 0 Å². The molecule has 3 heteroatoms. The van der Waals surface area contributed by atoms with Gasteiger partial charge in [-0.25, -0.2) is 0 Å². The van der Waals surface area contributed by atoms with Crippen LogP contribution >= 0.6 is 0 Å². The summed E-state index contributed by atoms with van der Waals surface area (Å²) in [4.78, 5) is 10.9. The van der Waals surface area contributed by atoms with Gasteiger partial charge in [-0.3, -0.25) is 4.79 Å². The fraction of sp³-hybridized carbons (Fsp3) is 0.389. The van der Waals surface area contributed by atoms with Crippen molar-refractivity contribution in [1.29, 1.82) is 0 Å². The number of benzene rings is 2. The van der Waals surface area contributed by atoms with Crippen LogP contribution in [-0.2, 0) is 0 Å². The molecule has 0 spiro atoms. The molecule has 0 radical (unpaired) electrons. The first-order valence-electron chi connectivity index (χ1n) is 7.33. The summed E-state index contributed by atoms with van der Waals surface area (Å²) in [5.41, 5.74) is 1.86. The van der Waals surface area contributed by atoms with Crippen molar-refractivity contribution in [2.45, 2.75) is 45.8 Å². The van der Waals surface area contributed by atoms with E-state index in [1.54, 1.807) is 0 Å². The Labute approximate surface area is 128 Å². The van der Waals surface area contributed by atoms with Crippen LogP contribution in [0.25, 0.3) is 10.8 Å². The first kappa shape index (κ1) is 15.8. The molecule has 2 aromatic rings. The Bertz CT molecular complexity index is 681. The van der Waals surface area contributed by atoms with E-state index in [1.165, 1.54) is 0 Å². The van der Waals surface area contributed by atoms with Gasteiger partial charge in [0.05, 0.1) is 0 Å². The Morgan fingerprint density at radius 1 is 1.10 bits per heavy atom. The summed E-state index contributed by atoms with van der Waals surface area (Å²) in [5, 5.41) is 2.41. The minimum absolute atomic E-state index is 0.176. The minimum atomic E-state index is -1.84. The molecule has 0 N–H and O–H groups in total. The second-order valence-electron chi connectivity index (χ2n) is 7.15. The van der Waals surface area contributed by atoms with Gasteiger partial charge in [0.2, 0.25) is 8.32 Å². The molecule has 0 heterocycles. The van der Waals surface area contributed by atoms with E-state index in [0.717, 1.165) is 28.4 Å². The molecule has 0 aliphatic rings. The maximum absolute atomic E-state index is 10.9. The molecule has 0 saturated carbocycles. The zero-order valence-electron chi connectivity index (χ0n) is 13.8. The average Bonchev–Trinajstić information content (AvgIpc) is 2.40. The van der Waals surface area contributed by atoms with Crippen molar-refractivity contribution in [1.82, 2.24) is 0 Å². The molecule has 0 atom stereocenters. The van der Waals surface area contributed by atoms with Crippen molar-refractivity contribution in [3.8, 4) is 5.75 Å². The normalized spacial score (nSPS) is 12.5. The van der Waals surface area contributed by atoms with E-state index in [2.05, 4.69) is 40.8 Å². The van der Waals surface area contributed by atoms with Crippen LogP contribution in [0, 0.1) is 6.92 Å². The highest BCUT2D eigenvalue weighted by Gasteiger charge is 2.39. The number of aldehydes is 1. The molecule has 0 saturated heterocycles. The molecule has 2 aromatic carbocycles. The molecule has 0 aromatic heterocycles. The number of fused-ring (bicyclic) bond motifs is 1. The Balaban J connectivity index is 2.48. The summed E-state index contributed by atoms with van der Waals surface area (Å²) >= 11 is 0. The third-order valence-corrected chi connectivity index (χ3v) is 8.91. The zero-order valence-corrected chi connectivity index (χ0v) is 14.8. The van der Waals surface area contributed by atoms with Crippen LogP contribution in [0.15, 0.2) is 30.3 Å². The number of carbonyl (C=O) groups excluding carboxylic acids is 1. The van der Waals surface area contributed by atoms with Crippen LogP contribution in [0.3, 0.4) is 0 Å². The summed E-state index contributed by atoms with van der Waals surface area (Å²) in [6, 6.07) is 9.86. The molecule has 0 unspecified atom stereocenters. The minimum Gasteiger partial charge on any atom is -0.543 e. The molecular weight excluding hydrogens is 276 g/mol. The van der Waals surface area contributed by atoms with Gasteiger partial charge in [-0.1, -0.05) is 39.0 Å². The van der Waals surface area contributed by atoms with Crippen LogP contribution in [0.1, 0.15) is 36.7 Å². The number of hydrogen-bond acceptors (Lipinski definition) is 2. The summed E-state index contributed by atoms with van der Waals surface area (Å²) in [7, 11) is -1.84. The molecule has 0 fully saturated rings. The lowest BCUT2D eigenvalue weighted by molar-refractivity contribution is 0.112. The van der Waals surface area contributed by atoms with E-state index < -0.39 is 8.32 Å². The number of aryl methyl sites for hydroxylation is 1. The van der Waals surface area contributed by atoms with Crippen molar-refractivity contribution in [2.75, 3.05) is 0 Å². The average molecular weight is 300 g/mol. The maximum atomic E-state index is 10.9. The lowest BCUT2D eigenvalue weighted by Gasteiger charge is -2.37. The Hall–Kier alpha value is -1.61. The van der Waals surface area contributed by atoms with Gasteiger partial charge in [0, 0.05) is 5.56 Å². The summed E-state index contributed by atoms with van der Waals surface area (Å²) in [6.07, 6.45) is 0.884. The van der Waals surface area contributed by atoms with Crippen molar-refractivity contribution in [3.63, 3.8) is 0 Å². The van der Waals surface area contributed by atoms with Crippen molar-refractivity contribution >= 4 is 25.4 Å². The second kappa shape index (κ2) is 5.30. The smallest absolute Gasteiger partial charge is 0.250 e. The first-order chi connectivity index (χ1) is 9.65. The van der Waals surface area contributed by atoms with E-state index >= 15 is 0 Å². The Morgan fingerprint density at radius 3 is 2.33 bits per heavy atom. The molecule has 2 rings (SSSR count). The predicted molar refractivity (Wildman–Crippen MR) is 91.9 cm³/mol. The van der Waals surface area contributed by atoms with Gasteiger partial charge in [-0.05, 0) is 53.5 Å². The van der Waals surface area contributed by atoms with Gasteiger partial charge in [0.15, 0.2) is 0 Å². The molecular formula is C18H24O2Si. The van der Waals surface area contributed by atoms with Crippen molar-refractivity contribution in [2.24, 2.45) is 0 Å². The molecule has 112 valence electrons. The van der Waals surface area contributed by atoms with Crippen LogP contribution < -0.4 is 4.43 Å². The third-order valence-electron chi connectivity index (χ3n) is 4.57. The largest absolute Gasteiger partial charge is 0.543 e.